The van der Waals surface area contributed by atoms with Crippen LogP contribution >= 0.6 is 0 Å². The SMILES string of the molecule is OC[C@@H]1CCCN1c1nccc(C(F)(F)F)n1. The molecule has 1 atom stereocenters. The summed E-state index contributed by atoms with van der Waals surface area (Å²) in [6.07, 6.45) is -1.80. The second-order valence-electron chi connectivity index (χ2n) is 3.91. The summed E-state index contributed by atoms with van der Waals surface area (Å²) in [6.45, 7) is 0.478. The lowest BCUT2D eigenvalue weighted by atomic mass is 10.2. The molecule has 2 rings (SSSR count). The Morgan fingerprint density at radius 1 is 1.47 bits per heavy atom. The van der Waals surface area contributed by atoms with Crippen molar-refractivity contribution in [3.8, 4) is 0 Å². The van der Waals surface area contributed by atoms with E-state index in [-0.39, 0.29) is 18.6 Å². The van der Waals surface area contributed by atoms with E-state index in [0.717, 1.165) is 25.1 Å². The molecule has 1 aliphatic rings. The molecule has 0 aromatic carbocycles. The zero-order valence-electron chi connectivity index (χ0n) is 8.98. The molecular weight excluding hydrogens is 235 g/mol. The van der Waals surface area contributed by atoms with Gasteiger partial charge in [-0.05, 0) is 18.9 Å². The van der Waals surface area contributed by atoms with Crippen LogP contribution in [0.25, 0.3) is 0 Å². The maximum absolute atomic E-state index is 12.5. The van der Waals surface area contributed by atoms with Gasteiger partial charge < -0.3 is 10.0 Å². The van der Waals surface area contributed by atoms with Gasteiger partial charge >= 0.3 is 6.18 Å². The first-order chi connectivity index (χ1) is 8.02. The molecule has 1 aromatic rings. The third-order valence-corrected chi connectivity index (χ3v) is 2.78. The predicted molar refractivity (Wildman–Crippen MR) is 54.5 cm³/mol. The van der Waals surface area contributed by atoms with Crippen molar-refractivity contribution in [1.82, 2.24) is 9.97 Å². The number of nitrogens with zero attached hydrogens (tertiary/aromatic N) is 3. The van der Waals surface area contributed by atoms with Crippen LogP contribution in [0.1, 0.15) is 18.5 Å². The highest BCUT2D eigenvalue weighted by atomic mass is 19.4. The van der Waals surface area contributed by atoms with Gasteiger partial charge in [0.05, 0.1) is 12.6 Å². The highest BCUT2D eigenvalue weighted by Crippen LogP contribution is 2.29. The van der Waals surface area contributed by atoms with Crippen LogP contribution < -0.4 is 4.90 Å². The molecule has 2 heterocycles. The summed E-state index contributed by atoms with van der Waals surface area (Å²) in [7, 11) is 0. The Hall–Kier alpha value is -1.37. The minimum absolute atomic E-state index is 0.0383. The molecule has 0 amide bonds. The van der Waals surface area contributed by atoms with Crippen molar-refractivity contribution in [3.05, 3.63) is 18.0 Å². The minimum Gasteiger partial charge on any atom is -0.394 e. The van der Waals surface area contributed by atoms with Gasteiger partial charge in [0.2, 0.25) is 5.95 Å². The lowest BCUT2D eigenvalue weighted by Gasteiger charge is -2.23. The second kappa shape index (κ2) is 4.48. The third kappa shape index (κ3) is 2.49. The lowest BCUT2D eigenvalue weighted by molar-refractivity contribution is -0.141. The molecule has 0 unspecified atom stereocenters. The van der Waals surface area contributed by atoms with Crippen LogP contribution in [0.3, 0.4) is 0 Å². The van der Waals surface area contributed by atoms with Crippen LogP contribution in [0.15, 0.2) is 12.3 Å². The number of rotatable bonds is 2. The largest absolute Gasteiger partial charge is 0.433 e. The fourth-order valence-corrected chi connectivity index (χ4v) is 1.93. The average molecular weight is 247 g/mol. The summed E-state index contributed by atoms with van der Waals surface area (Å²) >= 11 is 0. The van der Waals surface area contributed by atoms with Gasteiger partial charge in [-0.3, -0.25) is 0 Å². The Morgan fingerprint density at radius 3 is 2.88 bits per heavy atom. The van der Waals surface area contributed by atoms with Gasteiger partial charge in [0.1, 0.15) is 5.69 Å². The summed E-state index contributed by atoms with van der Waals surface area (Å²) in [6, 6.07) is 0.659. The Kier molecular flexibility index (Phi) is 3.19. The minimum atomic E-state index is -4.47. The molecular formula is C10H12F3N3O. The number of aromatic nitrogens is 2. The zero-order valence-corrected chi connectivity index (χ0v) is 8.98. The Labute approximate surface area is 96.1 Å². The van der Waals surface area contributed by atoms with E-state index in [1.807, 2.05) is 0 Å². The smallest absolute Gasteiger partial charge is 0.394 e. The molecule has 0 bridgehead atoms. The molecule has 0 spiro atoms. The van der Waals surface area contributed by atoms with Crippen LogP contribution in [-0.4, -0.2) is 34.3 Å². The fourth-order valence-electron chi connectivity index (χ4n) is 1.93. The van der Waals surface area contributed by atoms with E-state index in [1.54, 1.807) is 4.90 Å². The molecule has 94 valence electrons. The van der Waals surface area contributed by atoms with Gasteiger partial charge in [0.15, 0.2) is 0 Å². The third-order valence-electron chi connectivity index (χ3n) is 2.78. The number of anilines is 1. The lowest BCUT2D eigenvalue weighted by Crippen LogP contribution is -2.33. The molecule has 1 fully saturated rings. The first kappa shape index (κ1) is 12.1. The van der Waals surface area contributed by atoms with Crippen LogP contribution in [0, 0.1) is 0 Å². The molecule has 1 saturated heterocycles. The van der Waals surface area contributed by atoms with E-state index in [4.69, 9.17) is 5.11 Å². The van der Waals surface area contributed by atoms with E-state index < -0.39 is 11.9 Å². The molecule has 1 N–H and O–H groups in total. The summed E-state index contributed by atoms with van der Waals surface area (Å²) in [5, 5.41) is 9.11. The molecule has 1 aromatic heterocycles. The summed E-state index contributed by atoms with van der Waals surface area (Å²) in [5.41, 5.74) is -0.953. The van der Waals surface area contributed by atoms with Crippen molar-refractivity contribution in [2.24, 2.45) is 0 Å². The van der Waals surface area contributed by atoms with E-state index in [2.05, 4.69) is 9.97 Å². The van der Waals surface area contributed by atoms with Gasteiger partial charge in [-0.1, -0.05) is 0 Å². The van der Waals surface area contributed by atoms with Crippen molar-refractivity contribution in [2.75, 3.05) is 18.1 Å². The molecule has 1 aliphatic heterocycles. The quantitative estimate of drug-likeness (QED) is 0.859. The Bertz CT molecular complexity index is 397. The van der Waals surface area contributed by atoms with Gasteiger partial charge in [-0.25, -0.2) is 9.97 Å². The predicted octanol–water partition coefficient (Wildman–Crippen LogP) is 1.46. The average Bonchev–Trinajstić information content (AvgIpc) is 2.76. The highest BCUT2D eigenvalue weighted by molar-refractivity contribution is 5.34. The molecule has 7 heteroatoms. The number of hydrogen-bond acceptors (Lipinski definition) is 4. The molecule has 0 saturated carbocycles. The van der Waals surface area contributed by atoms with Crippen molar-refractivity contribution in [3.63, 3.8) is 0 Å². The van der Waals surface area contributed by atoms with Crippen molar-refractivity contribution < 1.29 is 18.3 Å². The number of alkyl halides is 3. The topological polar surface area (TPSA) is 49.2 Å². The Morgan fingerprint density at radius 2 is 2.24 bits per heavy atom. The van der Waals surface area contributed by atoms with Crippen LogP contribution in [-0.2, 0) is 6.18 Å². The summed E-state index contributed by atoms with van der Waals surface area (Å²) in [4.78, 5) is 8.96. The van der Waals surface area contributed by atoms with E-state index in [1.165, 1.54) is 0 Å². The highest BCUT2D eigenvalue weighted by Gasteiger charge is 2.34. The number of hydrogen-bond donors (Lipinski definition) is 1. The van der Waals surface area contributed by atoms with Crippen LogP contribution in [0.4, 0.5) is 19.1 Å². The monoisotopic (exact) mass is 247 g/mol. The first-order valence-electron chi connectivity index (χ1n) is 5.30. The van der Waals surface area contributed by atoms with Crippen molar-refractivity contribution >= 4 is 5.95 Å². The molecule has 17 heavy (non-hydrogen) atoms. The van der Waals surface area contributed by atoms with Gasteiger partial charge in [-0.15, -0.1) is 0 Å². The molecule has 4 nitrogen and oxygen atoms in total. The second-order valence-corrected chi connectivity index (χ2v) is 3.91. The first-order valence-corrected chi connectivity index (χ1v) is 5.30. The number of halogens is 3. The van der Waals surface area contributed by atoms with E-state index >= 15 is 0 Å². The fraction of sp³-hybridized carbons (Fsp3) is 0.600. The van der Waals surface area contributed by atoms with E-state index in [9.17, 15) is 13.2 Å². The van der Waals surface area contributed by atoms with Crippen molar-refractivity contribution in [1.29, 1.82) is 0 Å². The van der Waals surface area contributed by atoms with E-state index in [0.29, 0.717) is 6.54 Å². The summed E-state index contributed by atoms with van der Waals surface area (Å²) in [5.74, 6) is 0.0383. The standard InChI is InChI=1S/C10H12F3N3O/c11-10(12,13)8-3-4-14-9(15-8)16-5-1-2-7(16)6-17/h3-4,7,17H,1-2,5-6H2/t7-/m0/s1. The zero-order chi connectivity index (χ0) is 12.5. The van der Waals surface area contributed by atoms with Gasteiger partial charge in [0.25, 0.3) is 0 Å². The van der Waals surface area contributed by atoms with Gasteiger partial charge in [-0.2, -0.15) is 13.2 Å². The number of aliphatic hydroxyl groups excluding tert-OH is 1. The Balaban J connectivity index is 2.27. The molecule has 0 radical (unpaired) electrons. The maximum Gasteiger partial charge on any atom is 0.433 e. The van der Waals surface area contributed by atoms with Crippen LogP contribution in [0.2, 0.25) is 0 Å². The number of aliphatic hydroxyl groups is 1. The molecule has 0 aliphatic carbocycles. The van der Waals surface area contributed by atoms with Crippen molar-refractivity contribution in [2.45, 2.75) is 25.1 Å². The normalized spacial score (nSPS) is 20.9. The maximum atomic E-state index is 12.5. The summed E-state index contributed by atoms with van der Waals surface area (Å²) < 4.78 is 37.4. The van der Waals surface area contributed by atoms with Crippen LogP contribution in [0.5, 0.6) is 0 Å². The van der Waals surface area contributed by atoms with Gasteiger partial charge in [0, 0.05) is 12.7 Å².